The maximum absolute atomic E-state index is 12.2. The molecular weight excluding hydrogens is 264 g/mol. The molecule has 0 radical (unpaired) electrons. The molecule has 3 rings (SSSR count). The fourth-order valence-electron chi connectivity index (χ4n) is 2.29. The highest BCUT2D eigenvalue weighted by molar-refractivity contribution is 6.01. The molecule has 0 saturated heterocycles. The Hall–Kier alpha value is -2.62. The zero-order valence-corrected chi connectivity index (χ0v) is 12.0. The molecule has 0 unspecified atom stereocenters. The van der Waals surface area contributed by atoms with Gasteiger partial charge in [-0.25, -0.2) is 4.79 Å². The van der Waals surface area contributed by atoms with Gasteiger partial charge < -0.3 is 4.74 Å². The molecule has 0 amide bonds. The van der Waals surface area contributed by atoms with Crippen molar-refractivity contribution in [1.82, 2.24) is 10.2 Å². The van der Waals surface area contributed by atoms with Crippen molar-refractivity contribution in [3.05, 3.63) is 64.8 Å². The Kier molecular flexibility index (Phi) is 3.44. The van der Waals surface area contributed by atoms with Gasteiger partial charge in [0.05, 0.1) is 5.52 Å². The van der Waals surface area contributed by atoms with Gasteiger partial charge in [-0.2, -0.15) is 5.10 Å². The number of hydrogen-bond acceptors (Lipinski definition) is 3. The molecule has 21 heavy (non-hydrogen) atoms. The molecular formula is C17H16N2O2. The van der Waals surface area contributed by atoms with Crippen LogP contribution < -0.4 is 0 Å². The fourth-order valence-corrected chi connectivity index (χ4v) is 2.29. The number of rotatable bonds is 3. The van der Waals surface area contributed by atoms with Crippen molar-refractivity contribution in [2.75, 3.05) is 0 Å². The number of nitrogens with zero attached hydrogens (tertiary/aromatic N) is 1. The second-order valence-corrected chi connectivity index (χ2v) is 5.12. The van der Waals surface area contributed by atoms with E-state index in [1.165, 1.54) is 0 Å². The van der Waals surface area contributed by atoms with Crippen LogP contribution in [0.2, 0.25) is 0 Å². The minimum atomic E-state index is -0.409. The van der Waals surface area contributed by atoms with Crippen LogP contribution in [0.15, 0.2) is 42.5 Å². The second kappa shape index (κ2) is 5.40. The quantitative estimate of drug-likeness (QED) is 0.747. The SMILES string of the molecule is Cc1ccc(C)c(COC(=O)c2n[nH]c3ccccc23)c1. The third-order valence-electron chi connectivity index (χ3n) is 3.53. The average molecular weight is 280 g/mol. The van der Waals surface area contributed by atoms with Crippen molar-refractivity contribution >= 4 is 16.9 Å². The number of benzene rings is 2. The van der Waals surface area contributed by atoms with E-state index < -0.39 is 5.97 Å². The fraction of sp³-hybridized carbons (Fsp3) is 0.176. The van der Waals surface area contributed by atoms with E-state index in [-0.39, 0.29) is 6.61 Å². The van der Waals surface area contributed by atoms with Crippen LogP contribution >= 0.6 is 0 Å². The zero-order valence-electron chi connectivity index (χ0n) is 12.0. The lowest BCUT2D eigenvalue weighted by Gasteiger charge is -2.07. The number of hydrogen-bond donors (Lipinski definition) is 1. The monoisotopic (exact) mass is 280 g/mol. The molecule has 0 saturated carbocycles. The molecule has 0 atom stereocenters. The maximum atomic E-state index is 12.2. The number of H-pyrrole nitrogens is 1. The van der Waals surface area contributed by atoms with Gasteiger partial charge in [0.25, 0.3) is 0 Å². The summed E-state index contributed by atoms with van der Waals surface area (Å²) in [5.41, 5.74) is 4.44. The van der Waals surface area contributed by atoms with Crippen LogP contribution in [0.3, 0.4) is 0 Å². The van der Waals surface area contributed by atoms with Gasteiger partial charge in [-0.3, -0.25) is 5.10 Å². The molecule has 1 heterocycles. The maximum Gasteiger partial charge on any atom is 0.359 e. The molecule has 2 aromatic carbocycles. The minimum Gasteiger partial charge on any atom is -0.456 e. The number of nitrogens with one attached hydrogen (secondary N) is 1. The topological polar surface area (TPSA) is 55.0 Å². The summed E-state index contributed by atoms with van der Waals surface area (Å²) in [6, 6.07) is 13.6. The highest BCUT2D eigenvalue weighted by atomic mass is 16.5. The van der Waals surface area contributed by atoms with Crippen LogP contribution in [-0.4, -0.2) is 16.2 Å². The number of para-hydroxylation sites is 1. The van der Waals surface area contributed by atoms with Crippen LogP contribution in [0, 0.1) is 13.8 Å². The van der Waals surface area contributed by atoms with Crippen molar-refractivity contribution in [3.63, 3.8) is 0 Å². The Balaban J connectivity index is 1.79. The van der Waals surface area contributed by atoms with Gasteiger partial charge in [-0.05, 0) is 31.0 Å². The predicted molar refractivity (Wildman–Crippen MR) is 81.1 cm³/mol. The van der Waals surface area contributed by atoms with E-state index in [0.717, 1.165) is 27.6 Å². The lowest BCUT2D eigenvalue weighted by Crippen LogP contribution is -2.07. The van der Waals surface area contributed by atoms with Crippen molar-refractivity contribution in [2.45, 2.75) is 20.5 Å². The average Bonchev–Trinajstić information content (AvgIpc) is 2.92. The number of carbonyl (C=O) groups is 1. The number of aryl methyl sites for hydroxylation is 2. The number of ether oxygens (including phenoxy) is 1. The molecule has 106 valence electrons. The highest BCUT2D eigenvalue weighted by Crippen LogP contribution is 2.17. The van der Waals surface area contributed by atoms with Crippen molar-refractivity contribution < 1.29 is 9.53 Å². The summed E-state index contributed by atoms with van der Waals surface area (Å²) >= 11 is 0. The largest absolute Gasteiger partial charge is 0.456 e. The first-order chi connectivity index (χ1) is 10.1. The second-order valence-electron chi connectivity index (χ2n) is 5.12. The van der Waals surface area contributed by atoms with Crippen LogP contribution in [-0.2, 0) is 11.3 Å². The van der Waals surface area contributed by atoms with Gasteiger partial charge in [-0.15, -0.1) is 0 Å². The summed E-state index contributed by atoms with van der Waals surface area (Å²) in [6.07, 6.45) is 0. The van der Waals surface area contributed by atoms with Crippen molar-refractivity contribution in [3.8, 4) is 0 Å². The lowest BCUT2D eigenvalue weighted by molar-refractivity contribution is 0.0467. The van der Waals surface area contributed by atoms with E-state index in [4.69, 9.17) is 4.74 Å². The summed E-state index contributed by atoms with van der Waals surface area (Å²) in [4.78, 5) is 12.2. The molecule has 3 aromatic rings. The minimum absolute atomic E-state index is 0.257. The van der Waals surface area contributed by atoms with Crippen LogP contribution in [0.1, 0.15) is 27.2 Å². The van der Waals surface area contributed by atoms with E-state index in [1.807, 2.05) is 56.3 Å². The Labute approximate surface area is 122 Å². The number of fused-ring (bicyclic) bond motifs is 1. The highest BCUT2D eigenvalue weighted by Gasteiger charge is 2.15. The van der Waals surface area contributed by atoms with E-state index in [2.05, 4.69) is 10.2 Å². The lowest BCUT2D eigenvalue weighted by atomic mass is 10.1. The Morgan fingerprint density at radius 1 is 1.19 bits per heavy atom. The summed E-state index contributed by atoms with van der Waals surface area (Å²) in [5, 5.41) is 7.67. The molecule has 1 N–H and O–H groups in total. The molecule has 1 aromatic heterocycles. The molecule has 0 aliphatic rings. The summed E-state index contributed by atoms with van der Waals surface area (Å²) in [7, 11) is 0. The van der Waals surface area contributed by atoms with Gasteiger partial charge in [0.2, 0.25) is 0 Å². The Morgan fingerprint density at radius 3 is 2.86 bits per heavy atom. The molecule has 0 bridgehead atoms. The van der Waals surface area contributed by atoms with Gasteiger partial charge in [-0.1, -0.05) is 42.0 Å². The standard InChI is InChI=1S/C17H16N2O2/c1-11-7-8-12(2)13(9-11)10-21-17(20)16-14-5-3-4-6-15(14)18-19-16/h3-9H,10H2,1-2H3,(H,18,19). The number of carbonyl (C=O) groups excluding carboxylic acids is 1. The number of aromatic nitrogens is 2. The molecule has 4 nitrogen and oxygen atoms in total. The number of esters is 1. The molecule has 0 aliphatic carbocycles. The van der Waals surface area contributed by atoms with Gasteiger partial charge >= 0.3 is 5.97 Å². The predicted octanol–water partition coefficient (Wildman–Crippen LogP) is 3.54. The molecule has 0 fully saturated rings. The summed E-state index contributed by atoms with van der Waals surface area (Å²) in [5.74, 6) is -0.409. The van der Waals surface area contributed by atoms with Crippen LogP contribution in [0.5, 0.6) is 0 Å². The van der Waals surface area contributed by atoms with Gasteiger partial charge in [0.1, 0.15) is 6.61 Å². The third kappa shape index (κ3) is 2.65. The van der Waals surface area contributed by atoms with Crippen molar-refractivity contribution in [1.29, 1.82) is 0 Å². The van der Waals surface area contributed by atoms with E-state index >= 15 is 0 Å². The van der Waals surface area contributed by atoms with E-state index in [9.17, 15) is 4.79 Å². The molecule has 0 spiro atoms. The first-order valence-electron chi connectivity index (χ1n) is 6.81. The van der Waals surface area contributed by atoms with Gasteiger partial charge in [0.15, 0.2) is 5.69 Å². The third-order valence-corrected chi connectivity index (χ3v) is 3.53. The zero-order chi connectivity index (χ0) is 14.8. The van der Waals surface area contributed by atoms with Crippen LogP contribution in [0.4, 0.5) is 0 Å². The molecule has 4 heteroatoms. The first-order valence-corrected chi connectivity index (χ1v) is 6.81. The van der Waals surface area contributed by atoms with Crippen molar-refractivity contribution in [2.24, 2.45) is 0 Å². The summed E-state index contributed by atoms with van der Waals surface area (Å²) in [6.45, 7) is 4.28. The van der Waals surface area contributed by atoms with E-state index in [1.54, 1.807) is 0 Å². The molecule has 0 aliphatic heterocycles. The Bertz CT molecular complexity index is 805. The summed E-state index contributed by atoms with van der Waals surface area (Å²) < 4.78 is 5.39. The first kappa shape index (κ1) is 13.4. The smallest absolute Gasteiger partial charge is 0.359 e. The normalized spacial score (nSPS) is 10.8. The van der Waals surface area contributed by atoms with Gasteiger partial charge in [0, 0.05) is 5.39 Å². The van der Waals surface area contributed by atoms with E-state index in [0.29, 0.717) is 5.69 Å². The van der Waals surface area contributed by atoms with Crippen LogP contribution in [0.25, 0.3) is 10.9 Å². The number of aromatic amines is 1. The Morgan fingerprint density at radius 2 is 2.00 bits per heavy atom.